The lowest BCUT2D eigenvalue weighted by molar-refractivity contribution is 0.789. The Morgan fingerprint density at radius 3 is 2.76 bits per heavy atom. The van der Waals surface area contributed by atoms with Gasteiger partial charge >= 0.3 is 0 Å². The van der Waals surface area contributed by atoms with Crippen LogP contribution in [0.1, 0.15) is 16.8 Å². The SMILES string of the molecule is Cc1cnc(CSc2nccn2C)c(C)c1N. The van der Waals surface area contributed by atoms with Gasteiger partial charge in [-0.05, 0) is 25.0 Å². The highest BCUT2D eigenvalue weighted by Gasteiger charge is 2.08. The van der Waals surface area contributed by atoms with Crippen molar-refractivity contribution >= 4 is 17.4 Å². The van der Waals surface area contributed by atoms with E-state index in [1.807, 2.05) is 37.9 Å². The van der Waals surface area contributed by atoms with Crippen LogP contribution in [-0.2, 0) is 12.8 Å². The molecule has 2 aromatic rings. The molecule has 0 bridgehead atoms. The zero-order valence-corrected chi connectivity index (χ0v) is 11.1. The summed E-state index contributed by atoms with van der Waals surface area (Å²) in [5, 5.41) is 0.991. The molecule has 2 heterocycles. The molecule has 0 aliphatic carbocycles. The molecule has 2 aromatic heterocycles. The quantitative estimate of drug-likeness (QED) is 0.847. The van der Waals surface area contributed by atoms with Crippen LogP contribution in [0.5, 0.6) is 0 Å². The molecule has 0 radical (unpaired) electrons. The Morgan fingerprint density at radius 2 is 2.12 bits per heavy atom. The van der Waals surface area contributed by atoms with Gasteiger partial charge in [0.05, 0.1) is 5.69 Å². The van der Waals surface area contributed by atoms with Crippen LogP contribution in [-0.4, -0.2) is 14.5 Å². The molecule has 0 aliphatic heterocycles. The molecule has 2 N–H and O–H groups in total. The van der Waals surface area contributed by atoms with Gasteiger partial charge in [-0.15, -0.1) is 0 Å². The lowest BCUT2D eigenvalue weighted by atomic mass is 10.1. The highest BCUT2D eigenvalue weighted by Crippen LogP contribution is 2.24. The molecule has 0 spiro atoms. The van der Waals surface area contributed by atoms with Crippen LogP contribution in [0.15, 0.2) is 23.7 Å². The van der Waals surface area contributed by atoms with Crippen molar-refractivity contribution in [2.75, 3.05) is 5.73 Å². The van der Waals surface area contributed by atoms with Crippen molar-refractivity contribution in [2.45, 2.75) is 24.8 Å². The smallest absolute Gasteiger partial charge is 0.168 e. The lowest BCUT2D eigenvalue weighted by Crippen LogP contribution is -2.01. The lowest BCUT2D eigenvalue weighted by Gasteiger charge is -2.09. The largest absolute Gasteiger partial charge is 0.398 e. The Bertz CT molecular complexity index is 533. The Kier molecular flexibility index (Phi) is 3.38. The molecule has 0 atom stereocenters. The van der Waals surface area contributed by atoms with Gasteiger partial charge in [-0.1, -0.05) is 11.8 Å². The third kappa shape index (κ3) is 2.44. The number of imidazole rings is 1. The molecule has 0 saturated carbocycles. The minimum absolute atomic E-state index is 0.793. The molecular formula is C12H16N4S. The monoisotopic (exact) mass is 248 g/mol. The summed E-state index contributed by atoms with van der Waals surface area (Å²) in [4.78, 5) is 8.70. The number of aryl methyl sites for hydroxylation is 2. The van der Waals surface area contributed by atoms with Gasteiger partial charge in [0.25, 0.3) is 0 Å². The Morgan fingerprint density at radius 1 is 1.35 bits per heavy atom. The summed E-state index contributed by atoms with van der Waals surface area (Å²) in [5.41, 5.74) is 9.97. The van der Waals surface area contributed by atoms with Crippen molar-refractivity contribution in [1.29, 1.82) is 0 Å². The van der Waals surface area contributed by atoms with E-state index in [-0.39, 0.29) is 0 Å². The fourth-order valence-electron chi connectivity index (χ4n) is 1.56. The molecule has 90 valence electrons. The summed E-state index contributed by atoms with van der Waals surface area (Å²) < 4.78 is 2.00. The maximum atomic E-state index is 5.99. The van der Waals surface area contributed by atoms with Crippen molar-refractivity contribution in [3.8, 4) is 0 Å². The number of anilines is 1. The first-order valence-electron chi connectivity index (χ1n) is 5.40. The maximum absolute atomic E-state index is 5.99. The average molecular weight is 248 g/mol. The van der Waals surface area contributed by atoms with E-state index < -0.39 is 0 Å². The first kappa shape index (κ1) is 12.0. The molecule has 0 fully saturated rings. The molecule has 0 amide bonds. The highest BCUT2D eigenvalue weighted by molar-refractivity contribution is 7.98. The number of nitrogen functional groups attached to an aromatic ring is 1. The van der Waals surface area contributed by atoms with Gasteiger partial charge < -0.3 is 10.3 Å². The van der Waals surface area contributed by atoms with E-state index in [0.717, 1.165) is 33.4 Å². The number of nitrogens with zero attached hydrogens (tertiary/aromatic N) is 3. The summed E-state index contributed by atoms with van der Waals surface area (Å²) in [6.07, 6.45) is 5.56. The van der Waals surface area contributed by atoms with Gasteiger partial charge in [0.2, 0.25) is 0 Å². The van der Waals surface area contributed by atoms with Gasteiger partial charge in [0.1, 0.15) is 0 Å². The van der Waals surface area contributed by atoms with Crippen LogP contribution >= 0.6 is 11.8 Å². The van der Waals surface area contributed by atoms with E-state index in [1.54, 1.807) is 18.0 Å². The number of pyridine rings is 1. The summed E-state index contributed by atoms with van der Waals surface area (Å²) in [5.74, 6) is 0.793. The van der Waals surface area contributed by atoms with Gasteiger partial charge in [-0.25, -0.2) is 4.98 Å². The molecule has 17 heavy (non-hydrogen) atoms. The minimum Gasteiger partial charge on any atom is -0.398 e. The first-order chi connectivity index (χ1) is 8.09. The van der Waals surface area contributed by atoms with E-state index >= 15 is 0 Å². The minimum atomic E-state index is 0.793. The molecule has 2 rings (SSSR count). The van der Waals surface area contributed by atoms with E-state index in [0.29, 0.717) is 0 Å². The van der Waals surface area contributed by atoms with Gasteiger partial charge in [-0.2, -0.15) is 0 Å². The van der Waals surface area contributed by atoms with Crippen LogP contribution in [0.4, 0.5) is 5.69 Å². The Hall–Kier alpha value is -1.49. The van der Waals surface area contributed by atoms with Crippen molar-refractivity contribution < 1.29 is 0 Å². The number of hydrogen-bond donors (Lipinski definition) is 1. The second kappa shape index (κ2) is 4.79. The number of rotatable bonds is 3. The molecule has 0 aliphatic rings. The second-order valence-electron chi connectivity index (χ2n) is 4.04. The highest BCUT2D eigenvalue weighted by atomic mass is 32.2. The molecule has 5 heteroatoms. The van der Waals surface area contributed by atoms with Crippen molar-refractivity contribution in [1.82, 2.24) is 14.5 Å². The van der Waals surface area contributed by atoms with Gasteiger partial charge in [0.15, 0.2) is 5.16 Å². The number of aromatic nitrogens is 3. The number of thioether (sulfide) groups is 1. The van der Waals surface area contributed by atoms with Crippen LogP contribution in [0, 0.1) is 13.8 Å². The maximum Gasteiger partial charge on any atom is 0.168 e. The Labute approximate surface area is 105 Å². The molecular weight excluding hydrogens is 232 g/mol. The third-order valence-corrected chi connectivity index (χ3v) is 3.86. The molecule has 0 aromatic carbocycles. The first-order valence-corrected chi connectivity index (χ1v) is 6.39. The summed E-state index contributed by atoms with van der Waals surface area (Å²) in [6, 6.07) is 0. The van der Waals surface area contributed by atoms with Crippen molar-refractivity contribution in [3.05, 3.63) is 35.4 Å². The van der Waals surface area contributed by atoms with Crippen molar-refractivity contribution in [2.24, 2.45) is 7.05 Å². The van der Waals surface area contributed by atoms with Crippen LogP contribution in [0.25, 0.3) is 0 Å². The number of hydrogen-bond acceptors (Lipinski definition) is 4. The average Bonchev–Trinajstić information content (AvgIpc) is 2.71. The standard InChI is InChI=1S/C12H16N4S/c1-8-6-15-10(9(2)11(8)13)7-17-12-14-4-5-16(12)3/h4-6H,7H2,1-3H3,(H2,13,15). The molecule has 4 nitrogen and oxygen atoms in total. The Balaban J connectivity index is 2.15. The van der Waals surface area contributed by atoms with E-state index in [2.05, 4.69) is 9.97 Å². The van der Waals surface area contributed by atoms with Crippen LogP contribution < -0.4 is 5.73 Å². The van der Waals surface area contributed by atoms with Crippen molar-refractivity contribution in [3.63, 3.8) is 0 Å². The predicted octanol–water partition coefficient (Wildman–Crippen LogP) is 2.31. The fourth-order valence-corrected chi connectivity index (χ4v) is 2.52. The normalized spacial score (nSPS) is 10.8. The zero-order chi connectivity index (χ0) is 12.4. The summed E-state index contributed by atoms with van der Waals surface area (Å²) in [7, 11) is 1.99. The molecule has 0 unspecified atom stereocenters. The summed E-state index contributed by atoms with van der Waals surface area (Å²) in [6.45, 7) is 3.99. The third-order valence-electron chi connectivity index (χ3n) is 2.79. The number of nitrogens with two attached hydrogens (primary N) is 1. The molecule has 0 saturated heterocycles. The zero-order valence-electron chi connectivity index (χ0n) is 10.3. The fraction of sp³-hybridized carbons (Fsp3) is 0.333. The van der Waals surface area contributed by atoms with Gasteiger partial charge in [-0.3, -0.25) is 4.98 Å². The second-order valence-corrected chi connectivity index (χ2v) is 4.98. The van der Waals surface area contributed by atoms with Gasteiger partial charge in [0, 0.05) is 37.1 Å². The van der Waals surface area contributed by atoms with E-state index in [4.69, 9.17) is 5.73 Å². The van der Waals surface area contributed by atoms with Crippen LogP contribution in [0.2, 0.25) is 0 Å². The van der Waals surface area contributed by atoms with Crippen LogP contribution in [0.3, 0.4) is 0 Å². The predicted molar refractivity (Wildman–Crippen MR) is 70.9 cm³/mol. The van der Waals surface area contributed by atoms with E-state index in [9.17, 15) is 0 Å². The topological polar surface area (TPSA) is 56.7 Å². The summed E-state index contributed by atoms with van der Waals surface area (Å²) >= 11 is 1.67. The van der Waals surface area contributed by atoms with E-state index in [1.165, 1.54) is 0 Å².